The number of aromatic nitrogens is 4. The van der Waals surface area contributed by atoms with Gasteiger partial charge in [0.2, 0.25) is 0 Å². The third-order valence-corrected chi connectivity index (χ3v) is 7.17. The van der Waals surface area contributed by atoms with Crippen LogP contribution in [0.1, 0.15) is 18.4 Å². The van der Waals surface area contributed by atoms with Crippen molar-refractivity contribution in [3.05, 3.63) is 80.3 Å². The summed E-state index contributed by atoms with van der Waals surface area (Å²) in [4.78, 5) is 27.1. The number of aromatic amines is 3. The van der Waals surface area contributed by atoms with E-state index >= 15 is 0 Å². The third-order valence-electron chi connectivity index (χ3n) is 6.49. The molecule has 1 aliphatic heterocycles. The Morgan fingerprint density at radius 2 is 1.97 bits per heavy atom. The van der Waals surface area contributed by atoms with E-state index in [4.69, 9.17) is 5.73 Å². The number of nitrogens with one attached hydrogen (secondary N) is 5. The highest BCUT2D eigenvalue weighted by molar-refractivity contribution is 14.1. The topological polar surface area (TPSA) is 148 Å². The van der Waals surface area contributed by atoms with Crippen molar-refractivity contribution in [1.82, 2.24) is 30.6 Å². The highest BCUT2D eigenvalue weighted by atomic mass is 127. The molecule has 8 N–H and O–H groups in total. The van der Waals surface area contributed by atoms with Crippen LogP contribution in [0.5, 0.6) is 5.75 Å². The number of benzene rings is 2. The van der Waals surface area contributed by atoms with Gasteiger partial charge < -0.3 is 30.7 Å². The zero-order valence-electron chi connectivity index (χ0n) is 18.6. The van der Waals surface area contributed by atoms with Crippen LogP contribution in [0.2, 0.25) is 0 Å². The third kappa shape index (κ3) is 3.56. The predicted octanol–water partition coefficient (Wildman–Crippen LogP) is 3.76. The van der Waals surface area contributed by atoms with Crippen molar-refractivity contribution in [2.75, 3.05) is 0 Å². The molecule has 176 valence electrons. The SMILES string of the molecule is CC(C1=CNC(N)N1)c1ccc(O)c2[nH]cc(-c3cnc(-c4c[nH]c5cc(I)ccc45)c(=O)[nH]3)c12. The average Bonchev–Trinajstić information content (AvgIpc) is 3.57. The molecular formula is C25H22IN7O2. The van der Waals surface area contributed by atoms with Crippen molar-refractivity contribution in [3.8, 4) is 28.3 Å². The number of hydrogen-bond acceptors (Lipinski definition) is 6. The van der Waals surface area contributed by atoms with Gasteiger partial charge in [0.25, 0.3) is 5.56 Å². The summed E-state index contributed by atoms with van der Waals surface area (Å²) in [5.74, 6) is 0.0902. The van der Waals surface area contributed by atoms with Crippen molar-refractivity contribution >= 4 is 44.4 Å². The molecule has 0 aliphatic carbocycles. The van der Waals surface area contributed by atoms with E-state index in [1.165, 1.54) is 0 Å². The molecule has 0 saturated carbocycles. The maximum Gasteiger partial charge on any atom is 0.275 e. The summed E-state index contributed by atoms with van der Waals surface area (Å²) < 4.78 is 1.11. The van der Waals surface area contributed by atoms with Crippen LogP contribution in [0.3, 0.4) is 0 Å². The first-order valence-corrected chi connectivity index (χ1v) is 12.2. The number of allylic oxidation sites excluding steroid dienone is 1. The normalized spacial score (nSPS) is 16.3. The summed E-state index contributed by atoms with van der Waals surface area (Å²) in [5, 5.41) is 18.5. The van der Waals surface area contributed by atoms with Gasteiger partial charge in [0.05, 0.1) is 17.4 Å². The Balaban J connectivity index is 1.47. The van der Waals surface area contributed by atoms with Crippen LogP contribution in [-0.2, 0) is 0 Å². The summed E-state index contributed by atoms with van der Waals surface area (Å²) in [7, 11) is 0. The fourth-order valence-electron chi connectivity index (χ4n) is 4.72. The molecule has 2 atom stereocenters. The van der Waals surface area contributed by atoms with Gasteiger partial charge in [0.15, 0.2) is 0 Å². The van der Waals surface area contributed by atoms with Gasteiger partial charge in [-0.15, -0.1) is 0 Å². The molecule has 3 aromatic heterocycles. The first-order valence-electron chi connectivity index (χ1n) is 11.1. The molecule has 9 nitrogen and oxygen atoms in total. The van der Waals surface area contributed by atoms with Crippen molar-refractivity contribution in [2.24, 2.45) is 5.73 Å². The predicted molar refractivity (Wildman–Crippen MR) is 145 cm³/mol. The van der Waals surface area contributed by atoms with E-state index in [1.54, 1.807) is 18.5 Å². The van der Waals surface area contributed by atoms with E-state index in [9.17, 15) is 9.90 Å². The number of halogens is 1. The lowest BCUT2D eigenvalue weighted by atomic mass is 9.92. The quantitative estimate of drug-likeness (QED) is 0.161. The van der Waals surface area contributed by atoms with Crippen LogP contribution >= 0.6 is 22.6 Å². The Morgan fingerprint density at radius 1 is 1.14 bits per heavy atom. The molecule has 5 aromatic rings. The Hall–Kier alpha value is -3.77. The standard InChI is InChI=1S/C25H22IN7O2/c1-11(18-9-31-25(27)33-18)13-4-5-20(34)23-21(13)16(8-29-23)19-10-30-22(24(35)32-19)15-7-28-17-6-12(26)2-3-14(15)17/h2-11,25,28-29,31,33-34H,27H2,1H3,(H,32,35). The van der Waals surface area contributed by atoms with E-state index in [0.29, 0.717) is 16.9 Å². The summed E-state index contributed by atoms with van der Waals surface area (Å²) in [6.07, 6.45) is 6.77. The smallest absolute Gasteiger partial charge is 0.275 e. The molecule has 1 aliphatic rings. The zero-order chi connectivity index (χ0) is 24.3. The minimum absolute atomic E-state index is 0.0401. The molecule has 35 heavy (non-hydrogen) atoms. The molecule has 0 spiro atoms. The van der Waals surface area contributed by atoms with Crippen LogP contribution in [0.25, 0.3) is 44.3 Å². The molecule has 2 aromatic carbocycles. The number of fused-ring (bicyclic) bond motifs is 2. The lowest BCUT2D eigenvalue weighted by molar-refractivity contribution is 0.480. The fraction of sp³-hybridized carbons (Fsp3) is 0.120. The number of hydrogen-bond donors (Lipinski definition) is 7. The molecular weight excluding hydrogens is 557 g/mol. The summed E-state index contributed by atoms with van der Waals surface area (Å²) in [5.41, 5.74) is 11.5. The zero-order valence-corrected chi connectivity index (χ0v) is 20.8. The summed E-state index contributed by atoms with van der Waals surface area (Å²) in [6, 6.07) is 9.57. The van der Waals surface area contributed by atoms with Gasteiger partial charge in [-0.3, -0.25) is 10.5 Å². The minimum Gasteiger partial charge on any atom is -0.506 e. The van der Waals surface area contributed by atoms with Gasteiger partial charge in [-0.2, -0.15) is 0 Å². The summed E-state index contributed by atoms with van der Waals surface area (Å²) in [6.45, 7) is 2.06. The van der Waals surface area contributed by atoms with Gasteiger partial charge in [-0.25, -0.2) is 4.98 Å². The molecule has 4 heterocycles. The van der Waals surface area contributed by atoms with Crippen LogP contribution < -0.4 is 21.9 Å². The Labute approximate surface area is 213 Å². The van der Waals surface area contributed by atoms with Gasteiger partial charge in [0.1, 0.15) is 17.7 Å². The number of phenolic OH excluding ortho intramolecular Hbond substituents is 1. The van der Waals surface area contributed by atoms with Crippen LogP contribution in [-0.4, -0.2) is 31.3 Å². The molecule has 6 rings (SSSR count). The second kappa shape index (κ2) is 8.17. The van der Waals surface area contributed by atoms with E-state index in [0.717, 1.165) is 42.2 Å². The molecule has 0 bridgehead atoms. The van der Waals surface area contributed by atoms with Crippen LogP contribution in [0, 0.1) is 3.57 Å². The number of rotatable bonds is 4. The Kier molecular flexibility index (Phi) is 5.07. The number of phenols is 1. The van der Waals surface area contributed by atoms with Crippen LogP contribution in [0.4, 0.5) is 0 Å². The monoisotopic (exact) mass is 579 g/mol. The molecule has 0 saturated heterocycles. The van der Waals surface area contributed by atoms with Crippen molar-refractivity contribution in [3.63, 3.8) is 0 Å². The van der Waals surface area contributed by atoms with E-state index < -0.39 is 0 Å². The first-order chi connectivity index (χ1) is 16.9. The fourth-order valence-corrected chi connectivity index (χ4v) is 5.21. The van der Waals surface area contributed by atoms with Crippen molar-refractivity contribution in [1.29, 1.82) is 0 Å². The first kappa shape index (κ1) is 21.7. The molecule has 0 amide bonds. The molecule has 0 fully saturated rings. The maximum atomic E-state index is 13.2. The van der Waals surface area contributed by atoms with Gasteiger partial charge in [0, 0.05) is 61.2 Å². The second-order valence-corrected chi connectivity index (χ2v) is 9.85. The molecule has 2 unspecified atom stereocenters. The van der Waals surface area contributed by atoms with Crippen molar-refractivity contribution < 1.29 is 5.11 Å². The highest BCUT2D eigenvalue weighted by Crippen LogP contribution is 2.39. The van der Waals surface area contributed by atoms with E-state index in [-0.39, 0.29) is 23.5 Å². The van der Waals surface area contributed by atoms with Gasteiger partial charge in [-0.1, -0.05) is 19.1 Å². The lowest BCUT2D eigenvalue weighted by Crippen LogP contribution is -2.41. The lowest BCUT2D eigenvalue weighted by Gasteiger charge is -2.17. The van der Waals surface area contributed by atoms with Crippen LogP contribution in [0.15, 0.2) is 65.6 Å². The second-order valence-electron chi connectivity index (χ2n) is 8.60. The number of aromatic hydroxyl groups is 1. The van der Waals surface area contributed by atoms with Gasteiger partial charge in [-0.05, 0) is 46.4 Å². The number of nitrogens with zero attached hydrogens (tertiary/aromatic N) is 1. The summed E-state index contributed by atoms with van der Waals surface area (Å²) >= 11 is 2.26. The Bertz CT molecular complexity index is 1700. The van der Waals surface area contributed by atoms with Crippen molar-refractivity contribution in [2.45, 2.75) is 19.1 Å². The van der Waals surface area contributed by atoms with E-state index in [1.807, 2.05) is 36.7 Å². The maximum absolute atomic E-state index is 13.2. The molecule has 10 heteroatoms. The molecule has 0 radical (unpaired) electrons. The average molecular weight is 579 g/mol. The largest absolute Gasteiger partial charge is 0.506 e. The highest BCUT2D eigenvalue weighted by Gasteiger charge is 2.23. The number of H-pyrrole nitrogens is 3. The number of nitrogens with two attached hydrogens (primary N) is 1. The van der Waals surface area contributed by atoms with Gasteiger partial charge >= 0.3 is 0 Å². The minimum atomic E-state index is -0.341. The van der Waals surface area contributed by atoms with E-state index in [2.05, 4.69) is 60.1 Å². The Morgan fingerprint density at radius 3 is 2.74 bits per heavy atom.